The highest BCUT2D eigenvalue weighted by molar-refractivity contribution is 6.09. The monoisotopic (exact) mass is 474 g/mol. The molecule has 3 aromatic rings. The number of hydrogen-bond acceptors (Lipinski definition) is 5. The lowest BCUT2D eigenvalue weighted by atomic mass is 9.92. The molecule has 0 unspecified atom stereocenters. The Morgan fingerprint density at radius 2 is 1.86 bits per heavy atom. The molecule has 2 atom stereocenters. The van der Waals surface area contributed by atoms with Crippen LogP contribution in [-0.2, 0) is 15.1 Å². The lowest BCUT2D eigenvalue weighted by Gasteiger charge is -2.24. The normalized spacial score (nSPS) is 21.9. The number of carbonyl (C=O) groups is 3. The second kappa shape index (κ2) is 8.50. The van der Waals surface area contributed by atoms with Gasteiger partial charge in [0.05, 0.1) is 12.0 Å². The highest BCUT2D eigenvalue weighted by Gasteiger charge is 2.50. The average molecular weight is 474 g/mol. The zero-order chi connectivity index (χ0) is 24.7. The molecule has 0 spiro atoms. The molecular formula is C26H23FN4O4. The van der Waals surface area contributed by atoms with Crippen LogP contribution >= 0.6 is 0 Å². The van der Waals surface area contributed by atoms with Crippen LogP contribution in [0.1, 0.15) is 41.8 Å². The van der Waals surface area contributed by atoms with E-state index < -0.39 is 41.8 Å². The molecule has 5 rings (SSSR count). The second-order valence-corrected chi connectivity index (χ2v) is 8.84. The summed E-state index contributed by atoms with van der Waals surface area (Å²) in [6.07, 6.45) is 1.95. The van der Waals surface area contributed by atoms with Crippen LogP contribution in [0.4, 0.5) is 9.18 Å². The van der Waals surface area contributed by atoms with E-state index in [1.807, 2.05) is 31.2 Å². The summed E-state index contributed by atoms with van der Waals surface area (Å²) >= 11 is 0. The number of aryl methyl sites for hydroxylation is 1. The number of hydrazone groups is 1. The van der Waals surface area contributed by atoms with Crippen LogP contribution < -0.4 is 5.32 Å². The molecule has 0 radical (unpaired) electrons. The van der Waals surface area contributed by atoms with E-state index >= 15 is 0 Å². The smallest absolute Gasteiger partial charge is 0.325 e. The van der Waals surface area contributed by atoms with Gasteiger partial charge in [-0.15, -0.1) is 0 Å². The quantitative estimate of drug-likeness (QED) is 0.568. The summed E-state index contributed by atoms with van der Waals surface area (Å²) in [6.45, 7) is 3.02. The molecule has 1 fully saturated rings. The molecule has 2 aromatic carbocycles. The number of halogens is 1. The van der Waals surface area contributed by atoms with Crippen molar-refractivity contribution in [3.05, 3.63) is 95.2 Å². The van der Waals surface area contributed by atoms with Crippen LogP contribution in [0.25, 0.3) is 0 Å². The number of nitrogens with one attached hydrogen (secondary N) is 1. The molecule has 0 saturated carbocycles. The zero-order valence-electron chi connectivity index (χ0n) is 19.2. The van der Waals surface area contributed by atoms with Crippen molar-refractivity contribution in [1.82, 2.24) is 15.2 Å². The van der Waals surface area contributed by atoms with Gasteiger partial charge in [-0.2, -0.15) is 5.10 Å². The van der Waals surface area contributed by atoms with Gasteiger partial charge in [0.1, 0.15) is 29.7 Å². The number of rotatable bonds is 5. The Labute approximate surface area is 201 Å². The molecule has 35 heavy (non-hydrogen) atoms. The molecular weight excluding hydrogens is 451 g/mol. The minimum atomic E-state index is -1.41. The lowest BCUT2D eigenvalue weighted by Crippen LogP contribution is -2.43. The number of urea groups is 1. The van der Waals surface area contributed by atoms with E-state index in [4.69, 9.17) is 4.42 Å². The van der Waals surface area contributed by atoms with Gasteiger partial charge < -0.3 is 9.73 Å². The predicted octanol–water partition coefficient (Wildman–Crippen LogP) is 3.87. The van der Waals surface area contributed by atoms with Gasteiger partial charge in [0.25, 0.3) is 11.8 Å². The van der Waals surface area contributed by atoms with Gasteiger partial charge in [0.2, 0.25) is 0 Å². The van der Waals surface area contributed by atoms with Gasteiger partial charge in [0, 0.05) is 6.42 Å². The van der Waals surface area contributed by atoms with Crippen LogP contribution in [0.2, 0.25) is 0 Å². The second-order valence-electron chi connectivity index (χ2n) is 8.84. The summed E-state index contributed by atoms with van der Waals surface area (Å²) in [5.74, 6) is -1.03. The third-order valence-electron chi connectivity index (χ3n) is 6.41. The molecule has 4 amide bonds. The van der Waals surface area contributed by atoms with Crippen molar-refractivity contribution in [2.24, 2.45) is 5.10 Å². The topological polar surface area (TPSA) is 95.2 Å². The van der Waals surface area contributed by atoms with Crippen molar-refractivity contribution in [2.45, 2.75) is 31.8 Å². The molecule has 9 heteroatoms. The number of amides is 4. The maximum absolute atomic E-state index is 13.4. The summed E-state index contributed by atoms with van der Waals surface area (Å²) in [5.41, 5.74) is 1.69. The third kappa shape index (κ3) is 3.99. The van der Waals surface area contributed by atoms with E-state index in [0.717, 1.165) is 16.0 Å². The minimum absolute atomic E-state index is 0.418. The maximum atomic E-state index is 13.4. The summed E-state index contributed by atoms with van der Waals surface area (Å²) in [7, 11) is 0. The molecule has 1 saturated heterocycles. The van der Waals surface area contributed by atoms with E-state index in [2.05, 4.69) is 10.4 Å². The van der Waals surface area contributed by atoms with E-state index in [9.17, 15) is 18.8 Å². The van der Waals surface area contributed by atoms with E-state index in [0.29, 0.717) is 23.5 Å². The molecule has 0 aliphatic carbocycles. The van der Waals surface area contributed by atoms with Gasteiger partial charge in [-0.05, 0) is 49.2 Å². The first-order valence-electron chi connectivity index (χ1n) is 11.2. The van der Waals surface area contributed by atoms with Gasteiger partial charge >= 0.3 is 6.03 Å². The highest BCUT2D eigenvalue weighted by Crippen LogP contribution is 2.34. The molecule has 178 valence electrons. The number of furan rings is 1. The van der Waals surface area contributed by atoms with Crippen molar-refractivity contribution in [2.75, 3.05) is 6.54 Å². The lowest BCUT2D eigenvalue weighted by molar-refractivity contribution is -0.140. The fourth-order valence-electron chi connectivity index (χ4n) is 4.39. The first kappa shape index (κ1) is 22.5. The molecule has 8 nitrogen and oxygen atoms in total. The first-order chi connectivity index (χ1) is 16.8. The van der Waals surface area contributed by atoms with Crippen molar-refractivity contribution in [1.29, 1.82) is 0 Å². The van der Waals surface area contributed by atoms with Crippen molar-refractivity contribution in [3.63, 3.8) is 0 Å². The summed E-state index contributed by atoms with van der Waals surface area (Å²) in [4.78, 5) is 40.2. The molecule has 2 aliphatic heterocycles. The van der Waals surface area contributed by atoms with E-state index in [-0.39, 0.29) is 0 Å². The van der Waals surface area contributed by atoms with Crippen molar-refractivity contribution >= 4 is 23.6 Å². The first-order valence-corrected chi connectivity index (χ1v) is 11.2. The molecule has 0 bridgehead atoms. The Morgan fingerprint density at radius 1 is 1.14 bits per heavy atom. The zero-order valence-corrected chi connectivity index (χ0v) is 19.2. The van der Waals surface area contributed by atoms with E-state index in [1.165, 1.54) is 42.5 Å². The van der Waals surface area contributed by atoms with Gasteiger partial charge in [-0.3, -0.25) is 14.5 Å². The minimum Gasteiger partial charge on any atom is -0.467 e. The largest absolute Gasteiger partial charge is 0.467 e. The summed E-state index contributed by atoms with van der Waals surface area (Å²) in [5, 5.41) is 8.46. The van der Waals surface area contributed by atoms with Gasteiger partial charge in [0.15, 0.2) is 0 Å². The van der Waals surface area contributed by atoms with Crippen LogP contribution in [0.5, 0.6) is 0 Å². The summed E-state index contributed by atoms with van der Waals surface area (Å²) < 4.78 is 18.9. The van der Waals surface area contributed by atoms with Crippen molar-refractivity contribution < 1.29 is 23.2 Å². The van der Waals surface area contributed by atoms with Crippen LogP contribution in [-0.4, -0.2) is 40.0 Å². The molecule has 1 aromatic heterocycles. The fourth-order valence-corrected chi connectivity index (χ4v) is 4.39. The molecule has 2 aliphatic rings. The number of carbonyl (C=O) groups excluding carboxylic acids is 3. The number of imide groups is 1. The number of benzene rings is 2. The Balaban J connectivity index is 1.40. The van der Waals surface area contributed by atoms with E-state index in [1.54, 1.807) is 12.1 Å². The Hall–Kier alpha value is -4.27. The third-order valence-corrected chi connectivity index (χ3v) is 6.41. The van der Waals surface area contributed by atoms with Crippen LogP contribution in [0, 0.1) is 12.7 Å². The standard InChI is InChI=1S/C26H23FN4O4/c1-16-5-7-17(8-6-16)20-14-21(22-4-3-13-35-22)31(29-20)23(32)15-30-24(33)26(2,28-25(30)34)18-9-11-19(27)12-10-18/h3-13,21H,14-15H2,1-2H3,(H,28,34)/t21-,26+/m0/s1. The molecule has 1 N–H and O–H groups in total. The Bertz CT molecular complexity index is 1320. The Morgan fingerprint density at radius 3 is 2.51 bits per heavy atom. The highest BCUT2D eigenvalue weighted by atomic mass is 19.1. The van der Waals surface area contributed by atoms with Crippen LogP contribution in [0.3, 0.4) is 0 Å². The average Bonchev–Trinajstić information content (AvgIpc) is 3.56. The Kier molecular flexibility index (Phi) is 5.47. The number of nitrogens with zero attached hydrogens (tertiary/aromatic N) is 3. The predicted molar refractivity (Wildman–Crippen MR) is 125 cm³/mol. The van der Waals surface area contributed by atoms with Crippen molar-refractivity contribution in [3.8, 4) is 0 Å². The van der Waals surface area contributed by atoms with Gasteiger partial charge in [-0.25, -0.2) is 14.2 Å². The SMILES string of the molecule is Cc1ccc(C2=NN(C(=O)CN3C(=O)N[C@](C)(c4ccc(F)cc4)C3=O)[C@H](c3ccco3)C2)cc1. The fraction of sp³-hybridized carbons (Fsp3) is 0.231. The van der Waals surface area contributed by atoms with Gasteiger partial charge in [-0.1, -0.05) is 42.0 Å². The molecule has 3 heterocycles. The summed E-state index contributed by atoms with van der Waals surface area (Å²) in [6, 6.07) is 15.4. The maximum Gasteiger partial charge on any atom is 0.325 e. The number of hydrogen-bond donors (Lipinski definition) is 1. The van der Waals surface area contributed by atoms with Crippen LogP contribution in [0.15, 0.2) is 76.4 Å².